The third-order valence-corrected chi connectivity index (χ3v) is 3.78. The molecule has 1 aromatic rings. The molecule has 0 aromatic heterocycles. The van der Waals surface area contributed by atoms with Crippen LogP contribution in [-0.2, 0) is 0 Å². The van der Waals surface area contributed by atoms with Crippen LogP contribution in [0.3, 0.4) is 0 Å². The molecule has 118 valence electrons. The zero-order chi connectivity index (χ0) is 15.1. The summed E-state index contributed by atoms with van der Waals surface area (Å²) in [6.07, 6.45) is 4.05. The summed E-state index contributed by atoms with van der Waals surface area (Å²) in [5.41, 5.74) is 0.890. The Kier molecular flexibility index (Phi) is 6.33. The number of hydrogen-bond acceptors (Lipinski definition) is 4. The lowest BCUT2D eigenvalue weighted by Gasteiger charge is -2.21. The summed E-state index contributed by atoms with van der Waals surface area (Å²) >= 11 is 0. The average Bonchev–Trinajstić information content (AvgIpc) is 2.71. The highest BCUT2D eigenvalue weighted by atomic mass is 16.5. The largest absolute Gasteiger partial charge is 0.490 e. The number of unbranched alkanes of at least 4 members (excludes halogenated alkanes) is 2. The zero-order valence-electron chi connectivity index (χ0n) is 13.2. The van der Waals surface area contributed by atoms with Crippen molar-refractivity contribution in [3.63, 3.8) is 0 Å². The number of aliphatic hydroxyl groups excluding tert-OH is 1. The van der Waals surface area contributed by atoms with Gasteiger partial charge in [0, 0.05) is 13.0 Å². The summed E-state index contributed by atoms with van der Waals surface area (Å²) in [7, 11) is 2.06. The first kappa shape index (κ1) is 16.1. The molecule has 1 atom stereocenters. The van der Waals surface area contributed by atoms with Gasteiger partial charge in [-0.15, -0.1) is 0 Å². The van der Waals surface area contributed by atoms with Gasteiger partial charge in [0.15, 0.2) is 11.5 Å². The lowest BCUT2D eigenvalue weighted by Crippen LogP contribution is -2.25. The fourth-order valence-electron chi connectivity index (χ4n) is 2.51. The summed E-state index contributed by atoms with van der Waals surface area (Å²) in [5, 5.41) is 10.4. The first-order valence-electron chi connectivity index (χ1n) is 7.97. The third kappa shape index (κ3) is 4.90. The number of ether oxygens (including phenoxy) is 2. The van der Waals surface area contributed by atoms with Crippen LogP contribution in [0.1, 0.15) is 44.3 Å². The van der Waals surface area contributed by atoms with Crippen LogP contribution < -0.4 is 9.47 Å². The zero-order valence-corrected chi connectivity index (χ0v) is 13.2. The van der Waals surface area contributed by atoms with Gasteiger partial charge in [0.1, 0.15) is 0 Å². The first-order chi connectivity index (χ1) is 10.2. The lowest BCUT2D eigenvalue weighted by molar-refractivity contribution is 0.125. The van der Waals surface area contributed by atoms with Gasteiger partial charge in [-0.25, -0.2) is 0 Å². The van der Waals surface area contributed by atoms with E-state index in [4.69, 9.17) is 9.47 Å². The van der Waals surface area contributed by atoms with E-state index in [9.17, 15) is 5.11 Å². The number of nitrogens with zero attached hydrogens (tertiary/aromatic N) is 1. The second-order valence-corrected chi connectivity index (χ2v) is 5.74. The highest BCUT2D eigenvalue weighted by Crippen LogP contribution is 2.32. The predicted octanol–water partition coefficient (Wildman–Crippen LogP) is 3.00. The van der Waals surface area contributed by atoms with Crippen LogP contribution in [0.25, 0.3) is 0 Å². The number of likely N-dealkylation sites (N-methyl/N-ethyl adjacent to an activating group) is 1. The smallest absolute Gasteiger partial charge is 0.161 e. The molecule has 0 aliphatic carbocycles. The Morgan fingerprint density at radius 1 is 1.19 bits per heavy atom. The molecule has 2 rings (SSSR count). The molecule has 4 heteroatoms. The Balaban J connectivity index is 1.93. The van der Waals surface area contributed by atoms with Crippen LogP contribution >= 0.6 is 0 Å². The summed E-state index contributed by atoms with van der Waals surface area (Å²) in [5.74, 6) is 1.53. The molecule has 21 heavy (non-hydrogen) atoms. The van der Waals surface area contributed by atoms with Crippen molar-refractivity contribution >= 4 is 0 Å². The number of hydrogen-bond donors (Lipinski definition) is 1. The van der Waals surface area contributed by atoms with Crippen molar-refractivity contribution < 1.29 is 14.6 Å². The van der Waals surface area contributed by atoms with E-state index in [1.807, 2.05) is 18.2 Å². The van der Waals surface area contributed by atoms with Gasteiger partial charge in [-0.05, 0) is 37.7 Å². The molecular weight excluding hydrogens is 266 g/mol. The number of fused-ring (bicyclic) bond motifs is 1. The molecule has 4 nitrogen and oxygen atoms in total. The van der Waals surface area contributed by atoms with Crippen LogP contribution in [0, 0.1) is 0 Å². The predicted molar refractivity (Wildman–Crippen MR) is 84.0 cm³/mol. The van der Waals surface area contributed by atoms with E-state index in [-0.39, 0.29) is 0 Å². The summed E-state index contributed by atoms with van der Waals surface area (Å²) in [6.45, 7) is 5.23. The molecule has 0 bridgehead atoms. The van der Waals surface area contributed by atoms with E-state index < -0.39 is 6.10 Å². The van der Waals surface area contributed by atoms with Crippen LogP contribution in [-0.4, -0.2) is 43.4 Å². The van der Waals surface area contributed by atoms with Crippen LogP contribution in [0.5, 0.6) is 11.5 Å². The van der Waals surface area contributed by atoms with Crippen molar-refractivity contribution in [2.45, 2.75) is 38.7 Å². The maximum atomic E-state index is 10.4. The van der Waals surface area contributed by atoms with Crippen LogP contribution in [0.4, 0.5) is 0 Å². The summed E-state index contributed by atoms with van der Waals surface area (Å²) < 4.78 is 11.3. The molecule has 1 aliphatic rings. The Morgan fingerprint density at radius 2 is 1.95 bits per heavy atom. The monoisotopic (exact) mass is 293 g/mol. The number of rotatable bonds is 7. The maximum absolute atomic E-state index is 10.4. The molecule has 0 amide bonds. The molecule has 0 radical (unpaired) electrons. The van der Waals surface area contributed by atoms with Gasteiger partial charge in [-0.3, -0.25) is 0 Å². The minimum Gasteiger partial charge on any atom is -0.490 e. The van der Waals surface area contributed by atoms with Crippen molar-refractivity contribution in [3.05, 3.63) is 23.8 Å². The van der Waals surface area contributed by atoms with Crippen molar-refractivity contribution in [3.8, 4) is 11.5 Å². The van der Waals surface area contributed by atoms with Crippen LogP contribution in [0.2, 0.25) is 0 Å². The summed E-state index contributed by atoms with van der Waals surface area (Å²) in [6, 6.07) is 5.74. The van der Waals surface area contributed by atoms with E-state index >= 15 is 0 Å². The normalized spacial score (nSPS) is 15.8. The lowest BCUT2D eigenvalue weighted by atomic mass is 10.1. The maximum Gasteiger partial charge on any atom is 0.161 e. The van der Waals surface area contributed by atoms with Crippen molar-refractivity contribution in [1.82, 2.24) is 4.90 Å². The molecule has 1 heterocycles. The number of benzene rings is 1. The Labute approximate surface area is 127 Å². The van der Waals surface area contributed by atoms with Gasteiger partial charge < -0.3 is 19.5 Å². The number of aliphatic hydroxyl groups is 1. The quantitative estimate of drug-likeness (QED) is 0.785. The van der Waals surface area contributed by atoms with Gasteiger partial charge in [0.25, 0.3) is 0 Å². The Hall–Kier alpha value is -1.26. The van der Waals surface area contributed by atoms with E-state index in [1.54, 1.807) is 0 Å². The van der Waals surface area contributed by atoms with E-state index in [1.165, 1.54) is 19.3 Å². The second kappa shape index (κ2) is 8.25. The molecule has 0 saturated heterocycles. The Morgan fingerprint density at radius 3 is 2.71 bits per heavy atom. The first-order valence-corrected chi connectivity index (χ1v) is 7.97. The molecule has 1 unspecified atom stereocenters. The van der Waals surface area contributed by atoms with Gasteiger partial charge >= 0.3 is 0 Å². The topological polar surface area (TPSA) is 41.9 Å². The molecule has 1 aromatic carbocycles. The molecule has 1 aliphatic heterocycles. The second-order valence-electron chi connectivity index (χ2n) is 5.74. The van der Waals surface area contributed by atoms with E-state index in [0.29, 0.717) is 19.8 Å². The van der Waals surface area contributed by atoms with Gasteiger partial charge in [-0.1, -0.05) is 25.8 Å². The average molecular weight is 293 g/mol. The van der Waals surface area contributed by atoms with E-state index in [0.717, 1.165) is 30.0 Å². The van der Waals surface area contributed by atoms with Gasteiger partial charge in [0.05, 0.1) is 19.3 Å². The standard InChI is InChI=1S/C17H27NO3/c1-3-4-5-9-18(2)13-15(19)14-7-8-16-17(12-14)21-11-6-10-20-16/h7-8,12,15,19H,3-6,9-11,13H2,1-2H3. The molecule has 1 N–H and O–H groups in total. The SMILES string of the molecule is CCCCCN(C)CC(O)c1ccc2c(c1)OCCCO2. The van der Waals surface area contributed by atoms with Crippen molar-refractivity contribution in [2.75, 3.05) is 33.4 Å². The van der Waals surface area contributed by atoms with Crippen molar-refractivity contribution in [2.24, 2.45) is 0 Å². The summed E-state index contributed by atoms with van der Waals surface area (Å²) in [4.78, 5) is 2.18. The minimum absolute atomic E-state index is 0.492. The minimum atomic E-state index is -0.492. The third-order valence-electron chi connectivity index (χ3n) is 3.78. The van der Waals surface area contributed by atoms with E-state index in [2.05, 4.69) is 18.9 Å². The van der Waals surface area contributed by atoms with Gasteiger partial charge in [-0.2, -0.15) is 0 Å². The fourth-order valence-corrected chi connectivity index (χ4v) is 2.51. The highest BCUT2D eigenvalue weighted by Gasteiger charge is 2.15. The van der Waals surface area contributed by atoms with Crippen LogP contribution in [0.15, 0.2) is 18.2 Å². The molecule has 0 fully saturated rings. The Bertz CT molecular complexity index is 436. The molecule has 0 spiro atoms. The fraction of sp³-hybridized carbons (Fsp3) is 0.647. The molecular formula is C17H27NO3. The van der Waals surface area contributed by atoms with Gasteiger partial charge in [0.2, 0.25) is 0 Å². The van der Waals surface area contributed by atoms with Crippen molar-refractivity contribution in [1.29, 1.82) is 0 Å². The molecule has 0 saturated carbocycles. The highest BCUT2D eigenvalue weighted by molar-refractivity contribution is 5.44.